The van der Waals surface area contributed by atoms with Gasteiger partial charge in [0.15, 0.2) is 0 Å². The molecule has 0 unspecified atom stereocenters. The van der Waals surface area contributed by atoms with Crippen LogP contribution in [0.2, 0.25) is 0 Å². The quantitative estimate of drug-likeness (QED) is 0.902. The van der Waals surface area contributed by atoms with Crippen LogP contribution in [0.4, 0.5) is 17.6 Å². The minimum absolute atomic E-state index is 0.447. The molecule has 0 saturated carbocycles. The van der Waals surface area contributed by atoms with E-state index >= 15 is 0 Å². The van der Waals surface area contributed by atoms with Crippen LogP contribution in [0.1, 0.15) is 18.5 Å². The molecule has 0 aliphatic carbocycles. The summed E-state index contributed by atoms with van der Waals surface area (Å²) in [6.45, 7) is 7.25. The summed E-state index contributed by atoms with van der Waals surface area (Å²) in [7, 11) is 0. The van der Waals surface area contributed by atoms with E-state index in [1.54, 1.807) is 0 Å². The zero-order valence-electron chi connectivity index (χ0n) is 15.3. The molecular formula is C19H26N6O. The second-order valence-corrected chi connectivity index (χ2v) is 6.88. The van der Waals surface area contributed by atoms with Crippen molar-refractivity contribution in [2.45, 2.75) is 25.8 Å². The zero-order valence-corrected chi connectivity index (χ0v) is 15.3. The Morgan fingerprint density at radius 1 is 1.00 bits per heavy atom. The van der Waals surface area contributed by atoms with Gasteiger partial charge in [-0.05, 0) is 38.0 Å². The number of nitrogens with one attached hydrogen (secondary N) is 1. The van der Waals surface area contributed by atoms with E-state index in [9.17, 15) is 0 Å². The van der Waals surface area contributed by atoms with Gasteiger partial charge in [-0.15, -0.1) is 0 Å². The van der Waals surface area contributed by atoms with Gasteiger partial charge in [0.25, 0.3) is 0 Å². The standard InChI is InChI=1S/C19H26N6O/c1-15-3-2-4-17(21-15)22-16-6-9-25(10-7-16)19-20-8-5-18(23-19)24-11-13-26-14-12-24/h2-5,8,16H,6-7,9-14H2,1H3,(H,21,22). The van der Waals surface area contributed by atoms with Gasteiger partial charge in [0.2, 0.25) is 5.95 Å². The number of morpholine rings is 1. The van der Waals surface area contributed by atoms with Gasteiger partial charge < -0.3 is 19.9 Å². The van der Waals surface area contributed by atoms with Gasteiger partial charge in [-0.3, -0.25) is 0 Å². The number of hydrogen-bond acceptors (Lipinski definition) is 7. The van der Waals surface area contributed by atoms with Crippen molar-refractivity contribution in [1.29, 1.82) is 0 Å². The van der Waals surface area contributed by atoms with Crippen LogP contribution >= 0.6 is 0 Å². The molecule has 1 N–H and O–H groups in total. The average Bonchev–Trinajstić information content (AvgIpc) is 2.69. The maximum atomic E-state index is 5.43. The summed E-state index contributed by atoms with van der Waals surface area (Å²) in [6, 6.07) is 8.54. The third-order valence-corrected chi connectivity index (χ3v) is 4.98. The van der Waals surface area contributed by atoms with Gasteiger partial charge in [-0.2, -0.15) is 4.98 Å². The SMILES string of the molecule is Cc1cccc(NC2CCN(c3nccc(N4CCOCC4)n3)CC2)n1. The van der Waals surface area contributed by atoms with E-state index in [1.165, 1.54) is 0 Å². The van der Waals surface area contributed by atoms with Gasteiger partial charge in [-0.1, -0.05) is 6.07 Å². The Morgan fingerprint density at radius 3 is 2.58 bits per heavy atom. The molecule has 7 heteroatoms. The number of hydrogen-bond donors (Lipinski definition) is 1. The fourth-order valence-electron chi connectivity index (χ4n) is 3.52. The summed E-state index contributed by atoms with van der Waals surface area (Å²) in [5.74, 6) is 2.80. The molecule has 0 amide bonds. The lowest BCUT2D eigenvalue weighted by molar-refractivity contribution is 0.122. The molecule has 0 atom stereocenters. The highest BCUT2D eigenvalue weighted by Gasteiger charge is 2.22. The van der Waals surface area contributed by atoms with E-state index in [1.807, 2.05) is 37.4 Å². The third-order valence-electron chi connectivity index (χ3n) is 4.98. The number of anilines is 3. The van der Waals surface area contributed by atoms with Crippen molar-refractivity contribution < 1.29 is 4.74 Å². The number of ether oxygens (including phenoxy) is 1. The summed E-state index contributed by atoms with van der Waals surface area (Å²) in [6.07, 6.45) is 3.98. The zero-order chi connectivity index (χ0) is 17.8. The molecular weight excluding hydrogens is 328 g/mol. The fourth-order valence-corrected chi connectivity index (χ4v) is 3.52. The van der Waals surface area contributed by atoms with Gasteiger partial charge in [-0.25, -0.2) is 9.97 Å². The summed E-state index contributed by atoms with van der Waals surface area (Å²) >= 11 is 0. The molecule has 0 spiro atoms. The first-order chi connectivity index (χ1) is 12.8. The monoisotopic (exact) mass is 354 g/mol. The third kappa shape index (κ3) is 4.04. The molecule has 4 rings (SSSR count). The Morgan fingerprint density at radius 2 is 1.81 bits per heavy atom. The van der Waals surface area contributed by atoms with Crippen LogP contribution in [-0.4, -0.2) is 60.4 Å². The predicted molar refractivity (Wildman–Crippen MR) is 103 cm³/mol. The van der Waals surface area contributed by atoms with E-state index in [0.29, 0.717) is 6.04 Å². The van der Waals surface area contributed by atoms with Crippen molar-refractivity contribution in [3.05, 3.63) is 36.2 Å². The first-order valence-corrected chi connectivity index (χ1v) is 9.39. The molecule has 2 saturated heterocycles. The van der Waals surface area contributed by atoms with Gasteiger partial charge in [0.05, 0.1) is 13.2 Å². The van der Waals surface area contributed by atoms with Crippen molar-refractivity contribution in [2.75, 3.05) is 54.5 Å². The lowest BCUT2D eigenvalue weighted by atomic mass is 10.1. The number of piperidine rings is 1. The van der Waals surface area contributed by atoms with E-state index in [0.717, 1.165) is 75.5 Å². The van der Waals surface area contributed by atoms with Crippen LogP contribution in [0.25, 0.3) is 0 Å². The molecule has 0 bridgehead atoms. The molecule has 26 heavy (non-hydrogen) atoms. The maximum Gasteiger partial charge on any atom is 0.227 e. The summed E-state index contributed by atoms with van der Waals surface area (Å²) < 4.78 is 5.43. The molecule has 2 aliphatic rings. The fraction of sp³-hybridized carbons (Fsp3) is 0.526. The highest BCUT2D eigenvalue weighted by atomic mass is 16.5. The number of nitrogens with zero attached hydrogens (tertiary/aromatic N) is 5. The minimum Gasteiger partial charge on any atom is -0.378 e. The van der Waals surface area contributed by atoms with E-state index in [2.05, 4.69) is 25.1 Å². The van der Waals surface area contributed by atoms with E-state index < -0.39 is 0 Å². The van der Waals surface area contributed by atoms with Crippen LogP contribution in [-0.2, 0) is 4.74 Å². The van der Waals surface area contributed by atoms with Gasteiger partial charge in [0, 0.05) is 44.1 Å². The molecule has 2 aromatic heterocycles. The van der Waals surface area contributed by atoms with Gasteiger partial charge >= 0.3 is 0 Å². The van der Waals surface area contributed by atoms with Crippen LogP contribution in [0.15, 0.2) is 30.5 Å². The Bertz CT molecular complexity index is 725. The van der Waals surface area contributed by atoms with Crippen LogP contribution in [0.3, 0.4) is 0 Å². The van der Waals surface area contributed by atoms with Crippen molar-refractivity contribution >= 4 is 17.6 Å². The predicted octanol–water partition coefficient (Wildman–Crippen LogP) is 2.10. The Hall–Kier alpha value is -2.41. The van der Waals surface area contributed by atoms with E-state index in [-0.39, 0.29) is 0 Å². The molecule has 2 fully saturated rings. The Balaban J connectivity index is 1.35. The largest absolute Gasteiger partial charge is 0.378 e. The number of rotatable bonds is 4. The molecule has 7 nitrogen and oxygen atoms in total. The molecule has 138 valence electrons. The lowest BCUT2D eigenvalue weighted by Crippen LogP contribution is -2.41. The van der Waals surface area contributed by atoms with Crippen LogP contribution in [0, 0.1) is 6.92 Å². The molecule has 0 aromatic carbocycles. The van der Waals surface area contributed by atoms with Crippen molar-refractivity contribution in [3.8, 4) is 0 Å². The smallest absolute Gasteiger partial charge is 0.227 e. The highest BCUT2D eigenvalue weighted by molar-refractivity contribution is 5.44. The van der Waals surface area contributed by atoms with Crippen molar-refractivity contribution in [2.24, 2.45) is 0 Å². The van der Waals surface area contributed by atoms with Crippen LogP contribution < -0.4 is 15.1 Å². The minimum atomic E-state index is 0.447. The number of pyridine rings is 1. The maximum absolute atomic E-state index is 5.43. The molecule has 0 radical (unpaired) electrons. The molecule has 2 aromatic rings. The normalized spacial score (nSPS) is 18.8. The first kappa shape index (κ1) is 17.0. The van der Waals surface area contributed by atoms with Crippen molar-refractivity contribution in [3.63, 3.8) is 0 Å². The Labute approximate surface area is 154 Å². The second kappa shape index (κ2) is 7.86. The Kier molecular flexibility index (Phi) is 5.15. The average molecular weight is 354 g/mol. The summed E-state index contributed by atoms with van der Waals surface area (Å²) in [4.78, 5) is 18.4. The molecule has 4 heterocycles. The van der Waals surface area contributed by atoms with Crippen molar-refractivity contribution in [1.82, 2.24) is 15.0 Å². The second-order valence-electron chi connectivity index (χ2n) is 6.88. The van der Waals surface area contributed by atoms with Gasteiger partial charge in [0.1, 0.15) is 11.6 Å². The number of aryl methyl sites for hydroxylation is 1. The number of aromatic nitrogens is 3. The first-order valence-electron chi connectivity index (χ1n) is 9.39. The van der Waals surface area contributed by atoms with E-state index in [4.69, 9.17) is 9.72 Å². The summed E-state index contributed by atoms with van der Waals surface area (Å²) in [5.41, 5.74) is 1.04. The lowest BCUT2D eigenvalue weighted by Gasteiger charge is -2.33. The summed E-state index contributed by atoms with van der Waals surface area (Å²) in [5, 5.41) is 3.56. The topological polar surface area (TPSA) is 66.4 Å². The highest BCUT2D eigenvalue weighted by Crippen LogP contribution is 2.21. The molecule has 2 aliphatic heterocycles. The van der Waals surface area contributed by atoms with Crippen LogP contribution in [0.5, 0.6) is 0 Å².